The molecule has 7 heteroatoms. The minimum absolute atomic E-state index is 0.118. The van der Waals surface area contributed by atoms with Crippen LogP contribution in [0.15, 0.2) is 60.7 Å². The average Bonchev–Trinajstić information content (AvgIpc) is 2.67. The number of ether oxygens (including phenoxy) is 1. The van der Waals surface area contributed by atoms with Gasteiger partial charge in [0.15, 0.2) is 5.69 Å². The molecule has 0 saturated heterocycles. The van der Waals surface area contributed by atoms with E-state index in [4.69, 9.17) is 10.5 Å². The lowest BCUT2D eigenvalue weighted by Crippen LogP contribution is -2.14. The number of carbonyl (C=O) groups excluding carboxylic acids is 1. The highest BCUT2D eigenvalue weighted by Gasteiger charge is 2.04. The van der Waals surface area contributed by atoms with Crippen molar-refractivity contribution in [1.29, 1.82) is 0 Å². The van der Waals surface area contributed by atoms with Gasteiger partial charge >= 0.3 is 0 Å². The van der Waals surface area contributed by atoms with Crippen LogP contribution in [0.2, 0.25) is 0 Å². The highest BCUT2D eigenvalue weighted by atomic mass is 19.1. The second-order valence-corrected chi connectivity index (χ2v) is 5.55. The quantitative estimate of drug-likeness (QED) is 0.682. The summed E-state index contributed by atoms with van der Waals surface area (Å²) in [6.07, 6.45) is 0. The molecule has 0 aliphatic heterocycles. The van der Waals surface area contributed by atoms with Gasteiger partial charge in [-0.3, -0.25) is 4.79 Å². The van der Waals surface area contributed by atoms with E-state index in [1.54, 1.807) is 24.3 Å². The Hall–Kier alpha value is -3.48. The Bertz CT molecular complexity index is 883. The summed E-state index contributed by atoms with van der Waals surface area (Å²) in [5, 5.41) is 10.7. The molecule has 6 nitrogen and oxygen atoms in total. The highest BCUT2D eigenvalue weighted by Crippen LogP contribution is 2.16. The molecule has 0 aliphatic carbocycles. The highest BCUT2D eigenvalue weighted by molar-refractivity contribution is 5.90. The van der Waals surface area contributed by atoms with E-state index in [-0.39, 0.29) is 18.1 Å². The number of nitrogens with one attached hydrogen (secondary N) is 1. The van der Waals surface area contributed by atoms with Gasteiger partial charge in [-0.05, 0) is 35.9 Å². The van der Waals surface area contributed by atoms with E-state index in [1.807, 2.05) is 24.3 Å². The van der Waals surface area contributed by atoms with E-state index in [1.165, 1.54) is 12.1 Å². The molecule has 0 fully saturated rings. The molecule has 0 radical (unpaired) electrons. The molecule has 0 atom stereocenters. The first kappa shape index (κ1) is 17.3. The predicted octanol–water partition coefficient (Wildman–Crippen LogP) is 2.91. The molecular weight excluding hydrogens is 335 g/mol. The van der Waals surface area contributed by atoms with Gasteiger partial charge in [0, 0.05) is 12.1 Å². The van der Waals surface area contributed by atoms with Crippen molar-refractivity contribution in [2.45, 2.75) is 13.2 Å². The first-order chi connectivity index (χ1) is 12.6. The van der Waals surface area contributed by atoms with Crippen molar-refractivity contribution < 1.29 is 13.9 Å². The van der Waals surface area contributed by atoms with Gasteiger partial charge in [0.2, 0.25) is 0 Å². The van der Waals surface area contributed by atoms with Gasteiger partial charge in [0.25, 0.3) is 5.91 Å². The third-order valence-electron chi connectivity index (χ3n) is 3.67. The summed E-state index contributed by atoms with van der Waals surface area (Å²) in [6, 6.07) is 17.1. The molecular formula is C19H17FN4O2. The third kappa shape index (κ3) is 4.54. The number of nitrogens with zero attached hydrogens (tertiary/aromatic N) is 2. The zero-order chi connectivity index (χ0) is 18.4. The number of nitrogens with two attached hydrogens (primary N) is 1. The van der Waals surface area contributed by atoms with E-state index < -0.39 is 5.91 Å². The van der Waals surface area contributed by atoms with Crippen LogP contribution in [0.25, 0.3) is 0 Å². The van der Waals surface area contributed by atoms with E-state index in [2.05, 4.69) is 15.5 Å². The van der Waals surface area contributed by atoms with Crippen molar-refractivity contribution in [1.82, 2.24) is 10.2 Å². The topological polar surface area (TPSA) is 90.1 Å². The molecule has 3 N–H and O–H groups in total. The number of hydrogen-bond acceptors (Lipinski definition) is 5. The molecule has 2 aromatic carbocycles. The Balaban J connectivity index is 1.52. The third-order valence-corrected chi connectivity index (χ3v) is 3.67. The Morgan fingerprint density at radius 1 is 1.04 bits per heavy atom. The van der Waals surface area contributed by atoms with Gasteiger partial charge < -0.3 is 15.8 Å². The Morgan fingerprint density at radius 3 is 2.46 bits per heavy atom. The maximum atomic E-state index is 13.6. The van der Waals surface area contributed by atoms with Crippen LogP contribution < -0.4 is 15.8 Å². The lowest BCUT2D eigenvalue weighted by Gasteiger charge is -2.09. The zero-order valence-electron chi connectivity index (χ0n) is 13.9. The summed E-state index contributed by atoms with van der Waals surface area (Å²) >= 11 is 0. The van der Waals surface area contributed by atoms with Gasteiger partial charge in [-0.2, -0.15) is 0 Å². The summed E-state index contributed by atoms with van der Waals surface area (Å²) in [5.74, 6) is 0.296. The van der Waals surface area contributed by atoms with E-state index >= 15 is 0 Å². The summed E-state index contributed by atoms with van der Waals surface area (Å²) in [6.45, 7) is 0.699. The molecule has 3 rings (SSSR count). The number of halogens is 1. The van der Waals surface area contributed by atoms with Gasteiger partial charge in [-0.25, -0.2) is 4.39 Å². The van der Waals surface area contributed by atoms with Crippen molar-refractivity contribution in [2.75, 3.05) is 5.32 Å². The second-order valence-electron chi connectivity index (χ2n) is 5.55. The minimum atomic E-state index is -0.616. The summed E-state index contributed by atoms with van der Waals surface area (Å²) in [5.41, 5.74) is 6.75. The van der Waals surface area contributed by atoms with Crippen LogP contribution in [0, 0.1) is 5.82 Å². The largest absolute Gasteiger partial charge is 0.489 e. The Morgan fingerprint density at radius 2 is 1.81 bits per heavy atom. The monoisotopic (exact) mass is 352 g/mol. The molecule has 3 aromatic rings. The average molecular weight is 352 g/mol. The molecule has 0 spiro atoms. The first-order valence-electron chi connectivity index (χ1n) is 7.94. The number of anilines is 1. The van der Waals surface area contributed by atoms with Crippen molar-refractivity contribution in [2.24, 2.45) is 5.73 Å². The predicted molar refractivity (Wildman–Crippen MR) is 95.1 cm³/mol. The van der Waals surface area contributed by atoms with E-state index in [0.29, 0.717) is 23.7 Å². The molecule has 26 heavy (non-hydrogen) atoms. The maximum absolute atomic E-state index is 13.6. The van der Waals surface area contributed by atoms with Gasteiger partial charge in [0.1, 0.15) is 24.0 Å². The SMILES string of the molecule is NC(=O)c1ccc(NCc2ccc(OCc3ccccc3F)cc2)nn1. The molecule has 1 heterocycles. The second kappa shape index (κ2) is 8.06. The molecule has 0 unspecified atom stereocenters. The first-order valence-corrected chi connectivity index (χ1v) is 7.94. The summed E-state index contributed by atoms with van der Waals surface area (Å²) < 4.78 is 19.2. The Kier molecular flexibility index (Phi) is 5.38. The van der Waals surface area contributed by atoms with Crippen LogP contribution in [-0.2, 0) is 13.2 Å². The van der Waals surface area contributed by atoms with Crippen molar-refractivity contribution in [3.63, 3.8) is 0 Å². The number of benzene rings is 2. The number of carbonyl (C=O) groups is 1. The van der Waals surface area contributed by atoms with E-state index in [9.17, 15) is 9.18 Å². The van der Waals surface area contributed by atoms with Crippen LogP contribution in [0.1, 0.15) is 21.6 Å². The fraction of sp³-hybridized carbons (Fsp3) is 0.105. The molecule has 0 aliphatic rings. The molecule has 132 valence electrons. The number of primary amides is 1. The summed E-state index contributed by atoms with van der Waals surface area (Å²) in [7, 11) is 0. The normalized spacial score (nSPS) is 10.3. The molecule has 0 saturated carbocycles. The zero-order valence-corrected chi connectivity index (χ0v) is 13.9. The number of hydrogen-bond donors (Lipinski definition) is 2. The lowest BCUT2D eigenvalue weighted by atomic mass is 10.2. The molecule has 0 bridgehead atoms. The van der Waals surface area contributed by atoms with Gasteiger partial charge in [-0.15, -0.1) is 10.2 Å². The van der Waals surface area contributed by atoms with Crippen molar-refractivity contribution >= 4 is 11.7 Å². The fourth-order valence-corrected chi connectivity index (χ4v) is 2.23. The standard InChI is InChI=1S/C19H17FN4O2/c20-16-4-2-1-3-14(16)12-26-15-7-5-13(6-8-15)11-22-18-10-9-17(19(21)25)23-24-18/h1-10H,11-12H2,(H2,21,25)(H,22,24). The number of aromatic nitrogens is 2. The van der Waals surface area contributed by atoms with Crippen LogP contribution >= 0.6 is 0 Å². The smallest absolute Gasteiger partial charge is 0.269 e. The van der Waals surface area contributed by atoms with Crippen molar-refractivity contribution in [3.05, 3.63) is 83.3 Å². The number of rotatable bonds is 7. The Labute approximate surface area is 149 Å². The van der Waals surface area contributed by atoms with Crippen LogP contribution in [0.3, 0.4) is 0 Å². The van der Waals surface area contributed by atoms with Crippen LogP contribution in [-0.4, -0.2) is 16.1 Å². The minimum Gasteiger partial charge on any atom is -0.489 e. The van der Waals surface area contributed by atoms with Gasteiger partial charge in [0.05, 0.1) is 0 Å². The fourth-order valence-electron chi connectivity index (χ4n) is 2.23. The molecule has 1 amide bonds. The summed E-state index contributed by atoms with van der Waals surface area (Å²) in [4.78, 5) is 11.0. The van der Waals surface area contributed by atoms with Crippen molar-refractivity contribution in [3.8, 4) is 5.75 Å². The lowest BCUT2D eigenvalue weighted by molar-refractivity contribution is 0.0994. The van der Waals surface area contributed by atoms with E-state index in [0.717, 1.165) is 5.56 Å². The van der Waals surface area contributed by atoms with Crippen LogP contribution in [0.4, 0.5) is 10.2 Å². The number of amides is 1. The maximum Gasteiger partial charge on any atom is 0.269 e. The molecule has 1 aromatic heterocycles. The van der Waals surface area contributed by atoms with Gasteiger partial charge in [-0.1, -0.05) is 30.3 Å². The van der Waals surface area contributed by atoms with Crippen LogP contribution in [0.5, 0.6) is 5.75 Å².